The van der Waals surface area contributed by atoms with Gasteiger partial charge in [0, 0.05) is 25.6 Å². The van der Waals surface area contributed by atoms with Crippen molar-refractivity contribution < 1.29 is 17.9 Å². The Hall–Kier alpha value is -0.660. The van der Waals surface area contributed by atoms with Gasteiger partial charge < -0.3 is 9.64 Å². The number of carbonyl (C=O) groups excluding carboxylic acids is 1. The lowest BCUT2D eigenvalue weighted by Crippen LogP contribution is -2.38. The van der Waals surface area contributed by atoms with Crippen LogP contribution in [0.5, 0.6) is 0 Å². The zero-order valence-electron chi connectivity index (χ0n) is 11.0. The van der Waals surface area contributed by atoms with Crippen molar-refractivity contribution in [2.45, 2.75) is 19.8 Å². The van der Waals surface area contributed by atoms with Crippen LogP contribution in [0.1, 0.15) is 19.8 Å². The van der Waals surface area contributed by atoms with Crippen molar-refractivity contribution in [2.24, 2.45) is 5.92 Å². The molecule has 1 rings (SSSR count). The standard InChI is InChI=1S/C11H22N2O4S/c1-3-6-17-9-10-4-5-13(8-10)11(14)7-12-18(2,15)16/h10,12H,3-9H2,1-2H3. The van der Waals surface area contributed by atoms with Gasteiger partial charge in [0.25, 0.3) is 0 Å². The van der Waals surface area contributed by atoms with Crippen LogP contribution in [-0.2, 0) is 19.6 Å². The number of likely N-dealkylation sites (tertiary alicyclic amines) is 1. The molecule has 1 atom stereocenters. The Kier molecular flexibility index (Phi) is 6.04. The highest BCUT2D eigenvalue weighted by Crippen LogP contribution is 2.16. The first-order valence-corrected chi connectivity index (χ1v) is 8.11. The molecule has 1 N–H and O–H groups in total. The molecular weight excluding hydrogens is 256 g/mol. The fraction of sp³-hybridized carbons (Fsp3) is 0.909. The molecule has 1 saturated heterocycles. The maximum Gasteiger partial charge on any atom is 0.237 e. The monoisotopic (exact) mass is 278 g/mol. The van der Waals surface area contributed by atoms with E-state index in [9.17, 15) is 13.2 Å². The first-order valence-electron chi connectivity index (χ1n) is 6.22. The number of rotatable bonds is 7. The Labute approximate surface area is 109 Å². The minimum atomic E-state index is -3.30. The first kappa shape index (κ1) is 15.4. The summed E-state index contributed by atoms with van der Waals surface area (Å²) >= 11 is 0. The molecule has 0 radical (unpaired) electrons. The van der Waals surface area contributed by atoms with Gasteiger partial charge in [-0.15, -0.1) is 0 Å². The molecule has 1 fully saturated rings. The van der Waals surface area contributed by atoms with E-state index in [-0.39, 0.29) is 12.5 Å². The lowest BCUT2D eigenvalue weighted by atomic mass is 10.1. The summed E-state index contributed by atoms with van der Waals surface area (Å²) in [6.45, 7) is 4.68. The summed E-state index contributed by atoms with van der Waals surface area (Å²) in [5.74, 6) is 0.206. The molecular formula is C11H22N2O4S. The average Bonchev–Trinajstić information content (AvgIpc) is 2.74. The summed E-state index contributed by atoms with van der Waals surface area (Å²) in [4.78, 5) is 13.4. The molecule has 18 heavy (non-hydrogen) atoms. The lowest BCUT2D eigenvalue weighted by Gasteiger charge is -2.16. The minimum absolute atomic E-state index is 0.151. The number of sulfonamides is 1. The van der Waals surface area contributed by atoms with Crippen molar-refractivity contribution >= 4 is 15.9 Å². The van der Waals surface area contributed by atoms with Crippen molar-refractivity contribution in [2.75, 3.05) is 39.1 Å². The third-order valence-corrected chi connectivity index (χ3v) is 3.49. The number of hydrogen-bond donors (Lipinski definition) is 1. The Balaban J connectivity index is 2.26. The van der Waals surface area contributed by atoms with Gasteiger partial charge in [0.05, 0.1) is 19.4 Å². The van der Waals surface area contributed by atoms with Crippen LogP contribution in [0.3, 0.4) is 0 Å². The molecule has 0 aliphatic carbocycles. The molecule has 1 unspecified atom stereocenters. The second kappa shape index (κ2) is 7.06. The molecule has 1 heterocycles. The van der Waals surface area contributed by atoms with Crippen molar-refractivity contribution in [1.29, 1.82) is 0 Å². The number of ether oxygens (including phenoxy) is 1. The van der Waals surface area contributed by atoms with Crippen molar-refractivity contribution in [3.05, 3.63) is 0 Å². The Bertz CT molecular complexity index is 369. The molecule has 0 bridgehead atoms. The number of nitrogens with zero attached hydrogens (tertiary/aromatic N) is 1. The zero-order chi connectivity index (χ0) is 13.6. The predicted octanol–water partition coefficient (Wildman–Crippen LogP) is -0.189. The van der Waals surface area contributed by atoms with Crippen LogP contribution >= 0.6 is 0 Å². The van der Waals surface area contributed by atoms with Gasteiger partial charge in [-0.25, -0.2) is 13.1 Å². The Morgan fingerprint density at radius 3 is 2.83 bits per heavy atom. The van der Waals surface area contributed by atoms with Crippen LogP contribution in [0.2, 0.25) is 0 Å². The van der Waals surface area contributed by atoms with Crippen molar-refractivity contribution in [1.82, 2.24) is 9.62 Å². The topological polar surface area (TPSA) is 75.7 Å². The van der Waals surface area contributed by atoms with E-state index < -0.39 is 10.0 Å². The molecule has 0 saturated carbocycles. The highest BCUT2D eigenvalue weighted by Gasteiger charge is 2.26. The maximum absolute atomic E-state index is 11.7. The van der Waals surface area contributed by atoms with E-state index in [0.29, 0.717) is 25.6 Å². The van der Waals surface area contributed by atoms with Crippen molar-refractivity contribution in [3.63, 3.8) is 0 Å². The Morgan fingerprint density at radius 1 is 1.50 bits per heavy atom. The second-order valence-electron chi connectivity index (χ2n) is 4.66. The van der Waals surface area contributed by atoms with E-state index in [1.807, 2.05) is 0 Å². The lowest BCUT2D eigenvalue weighted by molar-refractivity contribution is -0.129. The van der Waals surface area contributed by atoms with Gasteiger partial charge in [-0.2, -0.15) is 0 Å². The van der Waals surface area contributed by atoms with E-state index in [0.717, 1.165) is 25.7 Å². The van der Waals surface area contributed by atoms with Gasteiger partial charge in [-0.05, 0) is 12.8 Å². The number of amides is 1. The quantitative estimate of drug-likeness (QED) is 0.655. The summed E-state index contributed by atoms with van der Waals surface area (Å²) in [5, 5.41) is 0. The minimum Gasteiger partial charge on any atom is -0.381 e. The van der Waals surface area contributed by atoms with Crippen LogP contribution in [0, 0.1) is 5.92 Å². The Morgan fingerprint density at radius 2 is 2.22 bits per heavy atom. The van der Waals surface area contributed by atoms with Gasteiger partial charge in [0.1, 0.15) is 0 Å². The van der Waals surface area contributed by atoms with Gasteiger partial charge in [-0.1, -0.05) is 6.92 Å². The van der Waals surface area contributed by atoms with Crippen molar-refractivity contribution in [3.8, 4) is 0 Å². The maximum atomic E-state index is 11.7. The second-order valence-corrected chi connectivity index (χ2v) is 6.50. The molecule has 7 heteroatoms. The SMILES string of the molecule is CCCOCC1CCN(C(=O)CNS(C)(=O)=O)C1. The van der Waals surface area contributed by atoms with Crippen LogP contribution < -0.4 is 4.72 Å². The fourth-order valence-corrected chi connectivity index (χ4v) is 2.28. The molecule has 1 amide bonds. The van der Waals surface area contributed by atoms with E-state index in [4.69, 9.17) is 4.74 Å². The third kappa shape index (κ3) is 5.79. The van der Waals surface area contributed by atoms with E-state index in [1.165, 1.54) is 0 Å². The summed E-state index contributed by atoms with van der Waals surface area (Å²) in [6, 6.07) is 0. The van der Waals surface area contributed by atoms with Crippen LogP contribution in [0.15, 0.2) is 0 Å². The van der Waals surface area contributed by atoms with Gasteiger partial charge >= 0.3 is 0 Å². The molecule has 0 aromatic carbocycles. The average molecular weight is 278 g/mol. The van der Waals surface area contributed by atoms with Crippen LogP contribution in [-0.4, -0.2) is 58.3 Å². The fourth-order valence-electron chi connectivity index (χ4n) is 1.89. The molecule has 0 aromatic heterocycles. The molecule has 0 spiro atoms. The third-order valence-electron chi connectivity index (χ3n) is 2.83. The number of nitrogens with one attached hydrogen (secondary N) is 1. The molecule has 1 aliphatic heterocycles. The largest absolute Gasteiger partial charge is 0.381 e. The summed E-state index contributed by atoms with van der Waals surface area (Å²) < 4.78 is 29.4. The molecule has 1 aliphatic rings. The highest BCUT2D eigenvalue weighted by atomic mass is 32.2. The van der Waals surface area contributed by atoms with Gasteiger partial charge in [0.2, 0.25) is 15.9 Å². The van der Waals surface area contributed by atoms with Crippen LogP contribution in [0.4, 0.5) is 0 Å². The normalized spacial score (nSPS) is 20.3. The van der Waals surface area contributed by atoms with E-state index >= 15 is 0 Å². The van der Waals surface area contributed by atoms with Gasteiger partial charge in [0.15, 0.2) is 0 Å². The zero-order valence-corrected chi connectivity index (χ0v) is 11.8. The van der Waals surface area contributed by atoms with E-state index in [2.05, 4.69) is 11.6 Å². The summed E-state index contributed by atoms with van der Waals surface area (Å²) in [6.07, 6.45) is 2.97. The van der Waals surface area contributed by atoms with E-state index in [1.54, 1.807) is 4.90 Å². The van der Waals surface area contributed by atoms with Gasteiger partial charge in [-0.3, -0.25) is 4.79 Å². The van der Waals surface area contributed by atoms with Crippen LogP contribution in [0.25, 0.3) is 0 Å². The molecule has 6 nitrogen and oxygen atoms in total. The molecule has 0 aromatic rings. The number of carbonyl (C=O) groups is 1. The summed E-state index contributed by atoms with van der Waals surface area (Å²) in [7, 11) is -3.30. The summed E-state index contributed by atoms with van der Waals surface area (Å²) in [5.41, 5.74) is 0. The smallest absolute Gasteiger partial charge is 0.237 e. The number of hydrogen-bond acceptors (Lipinski definition) is 4. The first-order chi connectivity index (χ1) is 8.42. The molecule has 106 valence electrons. The highest BCUT2D eigenvalue weighted by molar-refractivity contribution is 7.88. The predicted molar refractivity (Wildman–Crippen MR) is 68.6 cm³/mol.